The fraction of sp³-hybridized carbons (Fsp3) is 0.571. The molecule has 0 heterocycles. The van der Waals surface area contributed by atoms with Gasteiger partial charge in [0.15, 0.2) is 0 Å². The second-order valence-corrected chi connectivity index (χ2v) is 5.90. The maximum absolute atomic E-state index is 13.5. The topological polar surface area (TPSA) is 20.2 Å². The van der Waals surface area contributed by atoms with Crippen molar-refractivity contribution in [3.8, 4) is 0 Å². The van der Waals surface area contributed by atoms with Gasteiger partial charge >= 0.3 is 0 Å². The molecule has 17 heavy (non-hydrogen) atoms. The largest absolute Gasteiger partial charge is 0.393 e. The third kappa shape index (κ3) is 3.78. The molecular weight excluding hydrogens is 283 g/mol. The second kappa shape index (κ2) is 5.96. The molecule has 1 aliphatic rings. The van der Waals surface area contributed by atoms with Crippen molar-refractivity contribution in [1.29, 1.82) is 0 Å². The molecule has 0 aromatic heterocycles. The van der Waals surface area contributed by atoms with Crippen molar-refractivity contribution < 1.29 is 9.50 Å². The highest BCUT2D eigenvalue weighted by Crippen LogP contribution is 2.29. The first-order valence-electron chi connectivity index (χ1n) is 6.27. The Morgan fingerprint density at radius 2 is 2.06 bits per heavy atom. The van der Waals surface area contributed by atoms with Crippen LogP contribution in [0.2, 0.25) is 0 Å². The van der Waals surface area contributed by atoms with Gasteiger partial charge in [-0.3, -0.25) is 0 Å². The summed E-state index contributed by atoms with van der Waals surface area (Å²) < 4.78 is 14.4. The SMILES string of the molecule is OC(Cc1cc(Br)ccc1F)CC1CCCC1. The minimum absolute atomic E-state index is 0.223. The number of benzene rings is 1. The molecule has 1 nitrogen and oxygen atoms in total. The summed E-state index contributed by atoms with van der Waals surface area (Å²) >= 11 is 3.33. The van der Waals surface area contributed by atoms with Crippen LogP contribution in [-0.2, 0) is 6.42 Å². The molecule has 1 aromatic carbocycles. The predicted molar refractivity (Wildman–Crippen MR) is 70.4 cm³/mol. The van der Waals surface area contributed by atoms with Crippen molar-refractivity contribution in [2.45, 2.75) is 44.6 Å². The molecule has 1 fully saturated rings. The first-order valence-corrected chi connectivity index (χ1v) is 7.06. The van der Waals surface area contributed by atoms with E-state index in [2.05, 4.69) is 15.9 Å². The molecule has 1 atom stereocenters. The molecule has 1 N–H and O–H groups in total. The molecule has 0 spiro atoms. The van der Waals surface area contributed by atoms with E-state index in [0.29, 0.717) is 17.9 Å². The third-order valence-electron chi connectivity index (χ3n) is 3.54. The van der Waals surface area contributed by atoms with Crippen LogP contribution in [0.5, 0.6) is 0 Å². The molecule has 0 radical (unpaired) electrons. The van der Waals surface area contributed by atoms with Crippen molar-refractivity contribution in [3.63, 3.8) is 0 Å². The number of halogens is 2. The van der Waals surface area contributed by atoms with E-state index in [9.17, 15) is 9.50 Å². The highest BCUT2D eigenvalue weighted by molar-refractivity contribution is 9.10. The van der Waals surface area contributed by atoms with Gasteiger partial charge in [-0.25, -0.2) is 4.39 Å². The van der Waals surface area contributed by atoms with Gasteiger partial charge in [0.25, 0.3) is 0 Å². The zero-order valence-corrected chi connectivity index (χ0v) is 11.4. The summed E-state index contributed by atoms with van der Waals surface area (Å²) in [7, 11) is 0. The van der Waals surface area contributed by atoms with Gasteiger partial charge in [-0.2, -0.15) is 0 Å². The highest BCUT2D eigenvalue weighted by atomic mass is 79.9. The Morgan fingerprint density at radius 3 is 2.76 bits per heavy atom. The molecule has 1 saturated carbocycles. The Morgan fingerprint density at radius 1 is 1.35 bits per heavy atom. The average Bonchev–Trinajstić information content (AvgIpc) is 2.76. The molecule has 1 aromatic rings. The Kier molecular flexibility index (Phi) is 4.57. The average molecular weight is 301 g/mol. The number of hydrogen-bond donors (Lipinski definition) is 1. The minimum atomic E-state index is -0.415. The van der Waals surface area contributed by atoms with Crippen molar-refractivity contribution in [1.82, 2.24) is 0 Å². The maximum Gasteiger partial charge on any atom is 0.126 e. The van der Waals surface area contributed by atoms with E-state index in [0.717, 1.165) is 10.9 Å². The molecule has 0 saturated heterocycles. The van der Waals surface area contributed by atoms with Crippen molar-refractivity contribution in [2.24, 2.45) is 5.92 Å². The van der Waals surface area contributed by atoms with Crippen LogP contribution >= 0.6 is 15.9 Å². The van der Waals surface area contributed by atoms with Crippen molar-refractivity contribution >= 4 is 15.9 Å². The summed E-state index contributed by atoms with van der Waals surface area (Å²) in [5.41, 5.74) is 0.602. The summed E-state index contributed by atoms with van der Waals surface area (Å²) in [6.45, 7) is 0. The monoisotopic (exact) mass is 300 g/mol. The number of rotatable bonds is 4. The molecule has 1 unspecified atom stereocenters. The lowest BCUT2D eigenvalue weighted by molar-refractivity contribution is 0.142. The zero-order chi connectivity index (χ0) is 12.3. The molecule has 0 amide bonds. The first kappa shape index (κ1) is 13.0. The summed E-state index contributed by atoms with van der Waals surface area (Å²) in [6, 6.07) is 4.89. The molecule has 3 heteroatoms. The number of aliphatic hydroxyl groups is 1. The lowest BCUT2D eigenvalue weighted by atomic mass is 9.96. The second-order valence-electron chi connectivity index (χ2n) is 4.98. The van der Waals surface area contributed by atoms with Crippen LogP contribution in [0.1, 0.15) is 37.7 Å². The van der Waals surface area contributed by atoms with Crippen LogP contribution in [0.3, 0.4) is 0 Å². The summed E-state index contributed by atoms with van der Waals surface area (Å²) in [4.78, 5) is 0. The van der Waals surface area contributed by atoms with E-state index < -0.39 is 6.10 Å². The Labute approximate surface area is 110 Å². The van der Waals surface area contributed by atoms with Gasteiger partial charge in [-0.05, 0) is 36.1 Å². The zero-order valence-electron chi connectivity index (χ0n) is 9.83. The van der Waals surface area contributed by atoms with Gasteiger partial charge in [0, 0.05) is 10.9 Å². The Hall–Kier alpha value is -0.410. The summed E-state index contributed by atoms with van der Waals surface area (Å²) in [5.74, 6) is 0.416. The fourth-order valence-corrected chi connectivity index (χ4v) is 3.08. The van der Waals surface area contributed by atoms with Gasteiger partial charge in [0.05, 0.1) is 6.10 Å². The van der Waals surface area contributed by atoms with Crippen LogP contribution in [0.4, 0.5) is 4.39 Å². The van der Waals surface area contributed by atoms with E-state index in [1.807, 2.05) is 0 Å². The van der Waals surface area contributed by atoms with Gasteiger partial charge in [0.1, 0.15) is 5.82 Å². The lowest BCUT2D eigenvalue weighted by Gasteiger charge is -2.15. The Balaban J connectivity index is 1.92. The first-order chi connectivity index (χ1) is 8.15. The van der Waals surface area contributed by atoms with Crippen LogP contribution in [0, 0.1) is 11.7 Å². The van der Waals surface area contributed by atoms with Gasteiger partial charge in [-0.1, -0.05) is 41.6 Å². The van der Waals surface area contributed by atoms with Crippen LogP contribution < -0.4 is 0 Å². The van der Waals surface area contributed by atoms with Crippen LogP contribution in [-0.4, -0.2) is 11.2 Å². The van der Waals surface area contributed by atoms with Crippen molar-refractivity contribution in [2.75, 3.05) is 0 Å². The van der Waals surface area contributed by atoms with Crippen LogP contribution in [0.25, 0.3) is 0 Å². The van der Waals surface area contributed by atoms with Gasteiger partial charge in [0.2, 0.25) is 0 Å². The van der Waals surface area contributed by atoms with Gasteiger partial charge < -0.3 is 5.11 Å². The highest BCUT2D eigenvalue weighted by Gasteiger charge is 2.19. The molecule has 94 valence electrons. The maximum atomic E-state index is 13.5. The quantitative estimate of drug-likeness (QED) is 0.888. The summed E-state index contributed by atoms with van der Waals surface area (Å²) in [5, 5.41) is 10.00. The number of aliphatic hydroxyl groups excluding tert-OH is 1. The molecular formula is C14H18BrFO. The van der Waals surface area contributed by atoms with E-state index in [1.54, 1.807) is 12.1 Å². The molecule has 0 aliphatic heterocycles. The van der Waals surface area contributed by atoms with E-state index in [1.165, 1.54) is 31.7 Å². The molecule has 0 bridgehead atoms. The summed E-state index contributed by atoms with van der Waals surface area (Å²) in [6.07, 6.45) is 5.82. The molecule has 2 rings (SSSR count). The lowest BCUT2D eigenvalue weighted by Crippen LogP contribution is -2.15. The number of hydrogen-bond acceptors (Lipinski definition) is 1. The Bertz CT molecular complexity index is 374. The van der Waals surface area contributed by atoms with Gasteiger partial charge in [-0.15, -0.1) is 0 Å². The van der Waals surface area contributed by atoms with E-state index in [-0.39, 0.29) is 5.82 Å². The fourth-order valence-electron chi connectivity index (χ4n) is 2.67. The third-order valence-corrected chi connectivity index (χ3v) is 4.04. The minimum Gasteiger partial charge on any atom is -0.393 e. The van der Waals surface area contributed by atoms with Crippen LogP contribution in [0.15, 0.2) is 22.7 Å². The standard InChI is InChI=1S/C14H18BrFO/c15-12-5-6-14(16)11(8-12)9-13(17)7-10-3-1-2-4-10/h5-6,8,10,13,17H,1-4,7,9H2. The molecule has 1 aliphatic carbocycles. The normalized spacial score (nSPS) is 18.5. The van der Waals surface area contributed by atoms with E-state index >= 15 is 0 Å². The smallest absolute Gasteiger partial charge is 0.126 e. The van der Waals surface area contributed by atoms with Crippen molar-refractivity contribution in [3.05, 3.63) is 34.1 Å². The van der Waals surface area contributed by atoms with E-state index in [4.69, 9.17) is 0 Å². The predicted octanol–water partition coefficient (Wildman–Crippen LogP) is 4.07.